The molecule has 0 amide bonds. The first-order valence-corrected chi connectivity index (χ1v) is 8.69. The second-order valence-electron chi connectivity index (χ2n) is 5.45. The highest BCUT2D eigenvalue weighted by Crippen LogP contribution is 2.34. The lowest BCUT2D eigenvalue weighted by Crippen LogP contribution is -2.42. The van der Waals surface area contributed by atoms with E-state index in [0.29, 0.717) is 19.4 Å². The summed E-state index contributed by atoms with van der Waals surface area (Å²) in [5, 5.41) is 0. The summed E-state index contributed by atoms with van der Waals surface area (Å²) in [6.07, 6.45) is 5.82. The maximum Gasteiger partial charge on any atom is 0.214 e. The number of carbonyl (C=O) groups is 1. The summed E-state index contributed by atoms with van der Waals surface area (Å²) >= 11 is 0. The standard InChI is InChI=1S/C13H23NO3S/c1-2-3-10-18(16,17)14-9-5-7-12(14)11-6-4-8-13(11)15/h11-12H,2-10H2,1H3. The summed E-state index contributed by atoms with van der Waals surface area (Å²) < 4.78 is 26.2. The number of ketones is 1. The number of unbranched alkanes of at least 4 members (excludes halogenated alkanes) is 1. The molecule has 0 spiro atoms. The second-order valence-corrected chi connectivity index (χ2v) is 7.50. The van der Waals surface area contributed by atoms with Crippen LogP contribution in [0.3, 0.4) is 0 Å². The van der Waals surface area contributed by atoms with Gasteiger partial charge in [-0.25, -0.2) is 8.42 Å². The lowest BCUT2D eigenvalue weighted by Gasteiger charge is -2.27. The van der Waals surface area contributed by atoms with Gasteiger partial charge in [0.25, 0.3) is 0 Å². The largest absolute Gasteiger partial charge is 0.299 e. The van der Waals surface area contributed by atoms with Crippen molar-refractivity contribution in [1.82, 2.24) is 4.31 Å². The lowest BCUT2D eigenvalue weighted by molar-refractivity contribution is -0.121. The van der Waals surface area contributed by atoms with Gasteiger partial charge in [0.2, 0.25) is 10.0 Å². The Hall–Kier alpha value is -0.420. The number of nitrogens with zero attached hydrogens (tertiary/aromatic N) is 1. The third-order valence-corrected chi connectivity index (χ3v) is 6.15. The van der Waals surface area contributed by atoms with Crippen molar-refractivity contribution < 1.29 is 13.2 Å². The lowest BCUT2D eigenvalue weighted by atomic mass is 9.96. The van der Waals surface area contributed by atoms with Crippen LogP contribution in [0.2, 0.25) is 0 Å². The smallest absolute Gasteiger partial charge is 0.214 e. The monoisotopic (exact) mass is 273 g/mol. The molecule has 4 nitrogen and oxygen atoms in total. The van der Waals surface area contributed by atoms with Crippen LogP contribution in [-0.2, 0) is 14.8 Å². The quantitative estimate of drug-likeness (QED) is 0.769. The van der Waals surface area contributed by atoms with Gasteiger partial charge >= 0.3 is 0 Å². The summed E-state index contributed by atoms with van der Waals surface area (Å²) in [4.78, 5) is 11.8. The van der Waals surface area contributed by atoms with E-state index in [1.165, 1.54) is 0 Å². The van der Waals surface area contributed by atoms with Gasteiger partial charge in [-0.1, -0.05) is 13.3 Å². The third kappa shape index (κ3) is 2.77. The van der Waals surface area contributed by atoms with E-state index in [0.717, 1.165) is 32.1 Å². The molecule has 1 saturated carbocycles. The van der Waals surface area contributed by atoms with Crippen LogP contribution in [0, 0.1) is 5.92 Å². The van der Waals surface area contributed by atoms with Crippen LogP contribution in [0.15, 0.2) is 0 Å². The minimum absolute atomic E-state index is 0.0242. The van der Waals surface area contributed by atoms with Gasteiger partial charge in [0.15, 0.2) is 0 Å². The first kappa shape index (κ1) is 14.0. The van der Waals surface area contributed by atoms with Crippen LogP contribution >= 0.6 is 0 Å². The number of Topliss-reactive ketones (excluding diaryl/α,β-unsaturated/α-hetero) is 1. The Labute approximate surface area is 110 Å². The van der Waals surface area contributed by atoms with Crippen LogP contribution in [0.25, 0.3) is 0 Å². The van der Waals surface area contributed by atoms with Crippen LogP contribution in [0.5, 0.6) is 0 Å². The fourth-order valence-corrected chi connectivity index (χ4v) is 5.17. The van der Waals surface area contributed by atoms with Crippen molar-refractivity contribution in [3.8, 4) is 0 Å². The molecule has 1 aliphatic heterocycles. The molecule has 2 fully saturated rings. The van der Waals surface area contributed by atoms with E-state index < -0.39 is 10.0 Å². The van der Waals surface area contributed by atoms with E-state index in [9.17, 15) is 13.2 Å². The van der Waals surface area contributed by atoms with Crippen molar-refractivity contribution in [1.29, 1.82) is 0 Å². The number of hydrogen-bond acceptors (Lipinski definition) is 3. The van der Waals surface area contributed by atoms with Gasteiger partial charge in [-0.2, -0.15) is 4.31 Å². The van der Waals surface area contributed by atoms with Crippen molar-refractivity contribution >= 4 is 15.8 Å². The van der Waals surface area contributed by atoms with Crippen molar-refractivity contribution in [2.45, 2.75) is 57.9 Å². The number of sulfonamides is 1. The molecule has 0 bridgehead atoms. The van der Waals surface area contributed by atoms with E-state index in [-0.39, 0.29) is 23.5 Å². The van der Waals surface area contributed by atoms with E-state index in [1.54, 1.807) is 4.31 Å². The Morgan fingerprint density at radius 1 is 1.28 bits per heavy atom. The molecule has 0 N–H and O–H groups in total. The molecular weight excluding hydrogens is 250 g/mol. The van der Waals surface area contributed by atoms with E-state index in [4.69, 9.17) is 0 Å². The maximum atomic E-state index is 12.3. The van der Waals surface area contributed by atoms with Crippen LogP contribution < -0.4 is 0 Å². The molecule has 2 rings (SSSR count). The van der Waals surface area contributed by atoms with Crippen molar-refractivity contribution in [3.05, 3.63) is 0 Å². The van der Waals surface area contributed by atoms with Crippen molar-refractivity contribution in [2.75, 3.05) is 12.3 Å². The zero-order valence-corrected chi connectivity index (χ0v) is 11.9. The molecule has 2 aliphatic rings. The molecule has 0 aromatic rings. The van der Waals surface area contributed by atoms with Gasteiger partial charge in [-0.05, 0) is 32.1 Å². The SMILES string of the molecule is CCCCS(=O)(=O)N1CCCC1C1CCCC1=O. The first-order valence-electron chi connectivity index (χ1n) is 7.08. The average molecular weight is 273 g/mol. The summed E-state index contributed by atoms with van der Waals surface area (Å²) in [5.74, 6) is 0.488. The molecule has 5 heteroatoms. The highest BCUT2D eigenvalue weighted by Gasteiger charge is 2.42. The predicted molar refractivity (Wildman–Crippen MR) is 70.8 cm³/mol. The summed E-state index contributed by atoms with van der Waals surface area (Å²) in [5.41, 5.74) is 0. The molecule has 2 unspecified atom stereocenters. The molecule has 104 valence electrons. The molecule has 1 aliphatic carbocycles. The number of carbonyl (C=O) groups excluding carboxylic acids is 1. The average Bonchev–Trinajstić information content (AvgIpc) is 2.94. The molecule has 0 radical (unpaired) electrons. The molecule has 18 heavy (non-hydrogen) atoms. The van der Waals surface area contributed by atoms with Gasteiger partial charge in [0.05, 0.1) is 5.75 Å². The normalized spacial score (nSPS) is 30.2. The summed E-state index contributed by atoms with van der Waals surface area (Å²) in [6, 6.07) is -0.0399. The predicted octanol–water partition coefficient (Wildman–Crippen LogP) is 1.95. The molecule has 1 heterocycles. The fourth-order valence-electron chi connectivity index (χ4n) is 3.21. The van der Waals surface area contributed by atoms with Crippen LogP contribution in [-0.4, -0.2) is 36.8 Å². The summed E-state index contributed by atoms with van der Waals surface area (Å²) in [7, 11) is -3.15. The first-order chi connectivity index (χ1) is 8.56. The fraction of sp³-hybridized carbons (Fsp3) is 0.923. The van der Waals surface area contributed by atoms with E-state index in [2.05, 4.69) is 0 Å². The third-order valence-electron chi connectivity index (χ3n) is 4.18. The highest BCUT2D eigenvalue weighted by atomic mass is 32.2. The second kappa shape index (κ2) is 5.70. The Kier molecular flexibility index (Phi) is 4.43. The maximum absolute atomic E-state index is 12.3. The molecular formula is C13H23NO3S. The van der Waals surface area contributed by atoms with Crippen LogP contribution in [0.4, 0.5) is 0 Å². The Morgan fingerprint density at radius 2 is 2.06 bits per heavy atom. The molecule has 1 saturated heterocycles. The van der Waals surface area contributed by atoms with Gasteiger partial charge in [-0.3, -0.25) is 4.79 Å². The molecule has 2 atom stereocenters. The Bertz CT molecular complexity index is 404. The zero-order chi connectivity index (χ0) is 13.2. The van der Waals surface area contributed by atoms with Gasteiger partial charge in [0.1, 0.15) is 5.78 Å². The molecule has 0 aromatic heterocycles. The number of hydrogen-bond donors (Lipinski definition) is 0. The molecule has 0 aromatic carbocycles. The Morgan fingerprint density at radius 3 is 2.67 bits per heavy atom. The number of rotatable bonds is 5. The van der Waals surface area contributed by atoms with E-state index in [1.807, 2.05) is 6.92 Å². The van der Waals surface area contributed by atoms with Gasteiger partial charge in [-0.15, -0.1) is 0 Å². The van der Waals surface area contributed by atoms with Gasteiger partial charge < -0.3 is 0 Å². The highest BCUT2D eigenvalue weighted by molar-refractivity contribution is 7.89. The zero-order valence-electron chi connectivity index (χ0n) is 11.1. The summed E-state index contributed by atoms with van der Waals surface area (Å²) in [6.45, 7) is 2.61. The minimum atomic E-state index is -3.15. The van der Waals surface area contributed by atoms with Crippen molar-refractivity contribution in [2.24, 2.45) is 5.92 Å². The topological polar surface area (TPSA) is 54.5 Å². The van der Waals surface area contributed by atoms with Gasteiger partial charge in [0, 0.05) is 24.9 Å². The Balaban J connectivity index is 2.09. The van der Waals surface area contributed by atoms with Crippen LogP contribution in [0.1, 0.15) is 51.9 Å². The minimum Gasteiger partial charge on any atom is -0.299 e. The van der Waals surface area contributed by atoms with Crippen molar-refractivity contribution in [3.63, 3.8) is 0 Å². The van der Waals surface area contributed by atoms with E-state index >= 15 is 0 Å².